The molecule has 0 fully saturated rings. The second kappa shape index (κ2) is 5.55. The summed E-state index contributed by atoms with van der Waals surface area (Å²) in [6.07, 6.45) is -4.52. The van der Waals surface area contributed by atoms with Crippen LogP contribution in [0.5, 0.6) is 0 Å². The Hall–Kier alpha value is -2.31. The minimum atomic E-state index is -4.52. The van der Waals surface area contributed by atoms with E-state index in [1.807, 2.05) is 0 Å². The lowest BCUT2D eigenvalue weighted by Crippen LogP contribution is -2.22. The fourth-order valence-corrected chi connectivity index (χ4v) is 1.41. The molecular formula is C12H13F3N4. The third kappa shape index (κ3) is 3.84. The molecule has 0 bridgehead atoms. The normalized spacial score (nSPS) is 12.1. The highest BCUT2D eigenvalue weighted by Crippen LogP contribution is 2.32. The number of rotatable bonds is 4. The Morgan fingerprint density at radius 1 is 1.37 bits per heavy atom. The van der Waals surface area contributed by atoms with E-state index in [1.165, 1.54) is 25.1 Å². The highest BCUT2D eigenvalue weighted by atomic mass is 19.4. The number of halogens is 3. The van der Waals surface area contributed by atoms with Crippen molar-refractivity contribution >= 4 is 11.4 Å². The summed E-state index contributed by atoms with van der Waals surface area (Å²) in [5, 5.41) is 11.2. The van der Waals surface area contributed by atoms with E-state index in [4.69, 9.17) is 11.1 Å². The lowest BCUT2D eigenvalue weighted by molar-refractivity contribution is -0.137. The topological polar surface area (TPSA) is 74.3 Å². The quantitative estimate of drug-likeness (QED) is 0.580. The van der Waals surface area contributed by atoms with Crippen LogP contribution in [0.1, 0.15) is 18.1 Å². The molecule has 1 aromatic rings. The molecule has 4 N–H and O–H groups in total. The summed E-state index contributed by atoms with van der Waals surface area (Å²) in [5.74, 6) is -0.0248. The van der Waals surface area contributed by atoms with Crippen LogP contribution in [0.15, 0.2) is 41.8 Å². The molecule has 0 heterocycles. The monoisotopic (exact) mass is 270 g/mol. The number of hydrogen-bond donors (Lipinski definition) is 3. The van der Waals surface area contributed by atoms with Crippen LogP contribution in [0.4, 0.5) is 13.2 Å². The van der Waals surface area contributed by atoms with Crippen molar-refractivity contribution in [1.29, 1.82) is 5.41 Å². The molecule has 0 aliphatic heterocycles. The van der Waals surface area contributed by atoms with Gasteiger partial charge in [0.25, 0.3) is 0 Å². The smallest absolute Gasteiger partial charge is 0.385 e. The molecule has 19 heavy (non-hydrogen) atoms. The zero-order chi connectivity index (χ0) is 14.6. The van der Waals surface area contributed by atoms with E-state index in [9.17, 15) is 13.2 Å². The van der Waals surface area contributed by atoms with Gasteiger partial charge in [-0.05, 0) is 13.0 Å². The van der Waals surface area contributed by atoms with Crippen molar-refractivity contribution in [3.63, 3.8) is 0 Å². The number of alkyl halides is 3. The first-order valence-electron chi connectivity index (χ1n) is 5.23. The first kappa shape index (κ1) is 14.7. The van der Waals surface area contributed by atoms with E-state index in [0.717, 1.165) is 6.07 Å². The molecule has 0 aromatic heterocycles. The van der Waals surface area contributed by atoms with Gasteiger partial charge >= 0.3 is 6.18 Å². The Labute approximate surface area is 108 Å². The van der Waals surface area contributed by atoms with E-state index >= 15 is 0 Å². The molecule has 0 atom stereocenters. The maximum absolute atomic E-state index is 12.9. The van der Waals surface area contributed by atoms with Crippen LogP contribution < -0.4 is 11.2 Å². The van der Waals surface area contributed by atoms with E-state index < -0.39 is 11.7 Å². The molecule has 0 saturated heterocycles. The Bertz CT molecular complexity index is 532. The predicted molar refractivity (Wildman–Crippen MR) is 67.8 cm³/mol. The second-order valence-electron chi connectivity index (χ2n) is 3.77. The van der Waals surface area contributed by atoms with Crippen LogP contribution in [0.3, 0.4) is 0 Å². The van der Waals surface area contributed by atoms with Gasteiger partial charge in [-0.2, -0.15) is 18.3 Å². The number of hydrogen-bond acceptors (Lipinski definition) is 4. The van der Waals surface area contributed by atoms with Crippen molar-refractivity contribution in [3.8, 4) is 0 Å². The number of hydrazone groups is 1. The summed E-state index contributed by atoms with van der Waals surface area (Å²) >= 11 is 0. The molecule has 0 unspecified atom stereocenters. The van der Waals surface area contributed by atoms with Crippen LogP contribution in [0, 0.1) is 5.41 Å². The Morgan fingerprint density at radius 3 is 2.42 bits per heavy atom. The van der Waals surface area contributed by atoms with Crippen LogP contribution >= 0.6 is 0 Å². The SMILES string of the molecule is C=C(N)NN=C(C(C)=N)c1ccccc1C(F)(F)F. The minimum absolute atomic E-state index is 0.0248. The van der Waals surface area contributed by atoms with Crippen LogP contribution in [-0.4, -0.2) is 11.4 Å². The zero-order valence-electron chi connectivity index (χ0n) is 10.2. The van der Waals surface area contributed by atoms with Crippen molar-refractivity contribution < 1.29 is 13.2 Å². The molecule has 0 aliphatic carbocycles. The molecule has 0 aliphatic rings. The summed E-state index contributed by atoms with van der Waals surface area (Å²) < 4.78 is 38.6. The van der Waals surface area contributed by atoms with Crippen LogP contribution in [0.25, 0.3) is 0 Å². The van der Waals surface area contributed by atoms with Gasteiger partial charge in [0.15, 0.2) is 0 Å². The summed E-state index contributed by atoms with van der Waals surface area (Å²) in [4.78, 5) is 0. The fourth-order valence-electron chi connectivity index (χ4n) is 1.41. The van der Waals surface area contributed by atoms with E-state index in [0.29, 0.717) is 0 Å². The number of nitrogens with two attached hydrogens (primary N) is 1. The first-order valence-corrected chi connectivity index (χ1v) is 5.23. The number of nitrogens with one attached hydrogen (secondary N) is 2. The van der Waals surface area contributed by atoms with E-state index in [-0.39, 0.29) is 22.8 Å². The summed E-state index contributed by atoms with van der Waals surface area (Å²) in [6.45, 7) is 4.66. The molecule has 1 aromatic carbocycles. The van der Waals surface area contributed by atoms with Crippen molar-refractivity contribution in [3.05, 3.63) is 47.8 Å². The number of nitrogens with zero attached hydrogens (tertiary/aromatic N) is 1. The number of benzene rings is 1. The molecule has 7 heteroatoms. The van der Waals surface area contributed by atoms with Crippen molar-refractivity contribution in [1.82, 2.24) is 5.43 Å². The lowest BCUT2D eigenvalue weighted by Gasteiger charge is -2.14. The third-order valence-electron chi connectivity index (χ3n) is 2.15. The summed E-state index contributed by atoms with van der Waals surface area (Å²) in [6, 6.07) is 4.91. The van der Waals surface area contributed by atoms with Gasteiger partial charge in [0.1, 0.15) is 11.5 Å². The molecule has 0 radical (unpaired) electrons. The Balaban J connectivity index is 3.36. The third-order valence-corrected chi connectivity index (χ3v) is 2.15. The Kier molecular flexibility index (Phi) is 4.31. The molecule has 0 saturated carbocycles. The van der Waals surface area contributed by atoms with Crippen LogP contribution in [-0.2, 0) is 6.18 Å². The van der Waals surface area contributed by atoms with Crippen molar-refractivity contribution in [2.45, 2.75) is 13.1 Å². The van der Waals surface area contributed by atoms with Gasteiger partial charge in [-0.3, -0.25) is 5.43 Å². The average molecular weight is 270 g/mol. The molecule has 0 spiro atoms. The zero-order valence-corrected chi connectivity index (χ0v) is 10.2. The second-order valence-corrected chi connectivity index (χ2v) is 3.77. The fraction of sp³-hybridized carbons (Fsp3) is 0.167. The molecular weight excluding hydrogens is 257 g/mol. The molecule has 102 valence electrons. The van der Waals surface area contributed by atoms with Crippen molar-refractivity contribution in [2.24, 2.45) is 10.8 Å². The predicted octanol–water partition coefficient (Wildman–Crippen LogP) is 2.47. The maximum Gasteiger partial charge on any atom is 0.417 e. The molecule has 4 nitrogen and oxygen atoms in total. The van der Waals surface area contributed by atoms with Gasteiger partial charge in [-0.25, -0.2) is 0 Å². The Morgan fingerprint density at radius 2 is 1.95 bits per heavy atom. The van der Waals surface area contributed by atoms with Gasteiger partial charge in [-0.15, -0.1) is 0 Å². The van der Waals surface area contributed by atoms with E-state index in [2.05, 4.69) is 17.1 Å². The van der Waals surface area contributed by atoms with Crippen LogP contribution in [0.2, 0.25) is 0 Å². The van der Waals surface area contributed by atoms with Gasteiger partial charge in [0, 0.05) is 5.56 Å². The van der Waals surface area contributed by atoms with Gasteiger partial charge < -0.3 is 11.1 Å². The summed E-state index contributed by atoms with van der Waals surface area (Å²) in [7, 11) is 0. The average Bonchev–Trinajstić information content (AvgIpc) is 2.27. The largest absolute Gasteiger partial charge is 0.417 e. The molecule has 0 amide bonds. The van der Waals surface area contributed by atoms with Gasteiger partial charge in [0.2, 0.25) is 0 Å². The summed E-state index contributed by atoms with van der Waals surface area (Å²) in [5.41, 5.74) is 6.20. The standard InChI is InChI=1S/C12H13F3N4/c1-7(16)11(19-18-8(2)17)9-5-3-4-6-10(9)12(13,14)15/h3-6,16,18H,2,17H2,1H3. The highest BCUT2D eigenvalue weighted by molar-refractivity contribution is 6.46. The highest BCUT2D eigenvalue weighted by Gasteiger charge is 2.34. The molecule has 1 rings (SSSR count). The van der Waals surface area contributed by atoms with Gasteiger partial charge in [-0.1, -0.05) is 24.8 Å². The van der Waals surface area contributed by atoms with E-state index in [1.54, 1.807) is 0 Å². The van der Waals surface area contributed by atoms with Gasteiger partial charge in [0.05, 0.1) is 11.3 Å². The first-order chi connectivity index (χ1) is 8.73. The maximum atomic E-state index is 12.9. The lowest BCUT2D eigenvalue weighted by atomic mass is 10.00. The van der Waals surface area contributed by atoms with Crippen molar-refractivity contribution in [2.75, 3.05) is 0 Å². The minimum Gasteiger partial charge on any atom is -0.385 e.